The fourth-order valence-corrected chi connectivity index (χ4v) is 2.54. The maximum absolute atomic E-state index is 12.5. The van der Waals surface area contributed by atoms with E-state index in [-0.39, 0.29) is 11.3 Å². The van der Waals surface area contributed by atoms with E-state index in [2.05, 4.69) is 15.9 Å². The molecule has 3 rings (SSSR count). The predicted molar refractivity (Wildman–Crippen MR) is 87.7 cm³/mol. The Morgan fingerprint density at radius 1 is 0.957 bits per heavy atom. The lowest BCUT2D eigenvalue weighted by Crippen LogP contribution is -2.30. The molecule has 0 aliphatic carbocycles. The molecule has 2 amide bonds. The largest absolute Gasteiger partial charge is 0.269 e. The molecular weight excluding hydrogens is 364 g/mol. The second-order valence-corrected chi connectivity index (χ2v) is 5.73. The molecule has 1 heterocycles. The van der Waals surface area contributed by atoms with E-state index in [4.69, 9.17) is 0 Å². The molecule has 0 aromatic heterocycles. The van der Waals surface area contributed by atoms with Crippen LogP contribution in [0.1, 0.15) is 5.56 Å². The third-order valence-corrected chi connectivity index (χ3v) is 3.92. The molecule has 0 N–H and O–H groups in total. The summed E-state index contributed by atoms with van der Waals surface area (Å²) in [6.45, 7) is 0. The van der Waals surface area contributed by atoms with Gasteiger partial charge in [0.2, 0.25) is 0 Å². The lowest BCUT2D eigenvalue weighted by Gasteiger charge is -2.15. The fraction of sp³-hybridized carbons (Fsp3) is 0. The van der Waals surface area contributed by atoms with E-state index < -0.39 is 16.7 Å². The normalized spacial score (nSPS) is 14.1. The van der Waals surface area contributed by atoms with Crippen LogP contribution < -0.4 is 4.90 Å². The molecule has 0 saturated heterocycles. The van der Waals surface area contributed by atoms with Crippen molar-refractivity contribution in [2.24, 2.45) is 0 Å². The molecule has 23 heavy (non-hydrogen) atoms. The van der Waals surface area contributed by atoms with Gasteiger partial charge in [0.25, 0.3) is 17.5 Å². The Balaban J connectivity index is 1.92. The SMILES string of the molecule is O=C1C=C(c2ccc([N+](=O)[O-])cc2)C(=O)N1c1ccc(Br)cc1. The Morgan fingerprint density at radius 2 is 1.57 bits per heavy atom. The Hall–Kier alpha value is -2.80. The van der Waals surface area contributed by atoms with Crippen LogP contribution in [0.4, 0.5) is 11.4 Å². The number of halogens is 1. The third kappa shape index (κ3) is 2.78. The van der Waals surface area contributed by atoms with Gasteiger partial charge < -0.3 is 0 Å². The van der Waals surface area contributed by atoms with Crippen LogP contribution in [0.5, 0.6) is 0 Å². The van der Waals surface area contributed by atoms with Gasteiger partial charge in [-0.25, -0.2) is 4.90 Å². The highest BCUT2D eigenvalue weighted by molar-refractivity contribution is 9.10. The summed E-state index contributed by atoms with van der Waals surface area (Å²) >= 11 is 3.29. The van der Waals surface area contributed by atoms with Crippen LogP contribution in [0.25, 0.3) is 5.57 Å². The second-order valence-electron chi connectivity index (χ2n) is 4.82. The fourth-order valence-electron chi connectivity index (χ4n) is 2.27. The van der Waals surface area contributed by atoms with Crippen molar-refractivity contribution in [2.45, 2.75) is 0 Å². The van der Waals surface area contributed by atoms with Crippen molar-refractivity contribution in [2.75, 3.05) is 4.90 Å². The average Bonchev–Trinajstić information content (AvgIpc) is 2.83. The monoisotopic (exact) mass is 372 g/mol. The molecule has 0 saturated carbocycles. The van der Waals surface area contributed by atoms with Gasteiger partial charge in [-0.15, -0.1) is 0 Å². The van der Waals surface area contributed by atoms with Crippen LogP contribution in [0.15, 0.2) is 59.1 Å². The molecule has 0 radical (unpaired) electrons. The van der Waals surface area contributed by atoms with Gasteiger partial charge in [-0.05, 0) is 42.0 Å². The van der Waals surface area contributed by atoms with Crippen LogP contribution >= 0.6 is 15.9 Å². The Labute approximate surface area is 139 Å². The molecule has 0 bridgehead atoms. The summed E-state index contributed by atoms with van der Waals surface area (Å²) in [5, 5.41) is 10.7. The number of nitro benzene ring substituents is 1. The zero-order valence-electron chi connectivity index (χ0n) is 11.6. The number of nitrogens with zero attached hydrogens (tertiary/aromatic N) is 2. The lowest BCUT2D eigenvalue weighted by atomic mass is 10.1. The van der Waals surface area contributed by atoms with Crippen molar-refractivity contribution in [3.05, 3.63) is 74.8 Å². The van der Waals surface area contributed by atoms with Crippen LogP contribution in [-0.4, -0.2) is 16.7 Å². The molecule has 6 nitrogen and oxygen atoms in total. The van der Waals surface area contributed by atoms with Gasteiger partial charge in [-0.3, -0.25) is 19.7 Å². The molecule has 7 heteroatoms. The Bertz CT molecular complexity index is 841. The summed E-state index contributed by atoms with van der Waals surface area (Å²) in [5.41, 5.74) is 1.08. The van der Waals surface area contributed by atoms with Crippen LogP contribution in [0, 0.1) is 10.1 Å². The van der Waals surface area contributed by atoms with Gasteiger partial charge in [-0.2, -0.15) is 0 Å². The number of carbonyl (C=O) groups is 2. The first-order valence-corrected chi connectivity index (χ1v) is 7.37. The molecule has 2 aromatic carbocycles. The van der Waals surface area contributed by atoms with Gasteiger partial charge >= 0.3 is 0 Å². The number of hydrogen-bond donors (Lipinski definition) is 0. The summed E-state index contributed by atoms with van der Waals surface area (Å²) in [6.07, 6.45) is 1.24. The number of anilines is 1. The molecular formula is C16H9BrN2O4. The van der Waals surface area contributed by atoms with Crippen molar-refractivity contribution in [3.63, 3.8) is 0 Å². The zero-order valence-corrected chi connectivity index (χ0v) is 13.2. The number of nitro groups is 1. The Kier molecular flexibility index (Phi) is 3.79. The minimum Gasteiger partial charge on any atom is -0.269 e. The van der Waals surface area contributed by atoms with Crippen molar-refractivity contribution in [3.8, 4) is 0 Å². The minimum absolute atomic E-state index is 0.0733. The second kappa shape index (κ2) is 5.77. The summed E-state index contributed by atoms with van der Waals surface area (Å²) in [4.78, 5) is 35.9. The smallest absolute Gasteiger partial charge is 0.269 e. The predicted octanol–water partition coefficient (Wildman–Crippen LogP) is 3.31. The van der Waals surface area contributed by atoms with Gasteiger partial charge in [0.1, 0.15) is 0 Å². The number of hydrogen-bond acceptors (Lipinski definition) is 4. The minimum atomic E-state index is -0.520. The van der Waals surface area contributed by atoms with E-state index in [1.165, 1.54) is 30.3 Å². The maximum Gasteiger partial charge on any atom is 0.269 e. The first-order valence-electron chi connectivity index (χ1n) is 6.58. The van der Waals surface area contributed by atoms with Gasteiger partial charge in [-0.1, -0.05) is 15.9 Å². The van der Waals surface area contributed by atoms with Crippen LogP contribution in [0.2, 0.25) is 0 Å². The van der Waals surface area contributed by atoms with Crippen LogP contribution in [0.3, 0.4) is 0 Å². The third-order valence-electron chi connectivity index (χ3n) is 3.40. The topological polar surface area (TPSA) is 80.5 Å². The van der Waals surface area contributed by atoms with Crippen molar-refractivity contribution >= 4 is 44.7 Å². The quantitative estimate of drug-likeness (QED) is 0.470. The molecule has 0 fully saturated rings. The summed E-state index contributed by atoms with van der Waals surface area (Å²) in [6, 6.07) is 12.3. The highest BCUT2D eigenvalue weighted by Crippen LogP contribution is 2.29. The van der Waals surface area contributed by atoms with E-state index in [1.54, 1.807) is 24.3 Å². The van der Waals surface area contributed by atoms with E-state index in [1.807, 2.05) is 0 Å². The average molecular weight is 373 g/mol. The van der Waals surface area contributed by atoms with Gasteiger partial charge in [0.05, 0.1) is 16.2 Å². The number of imide groups is 1. The molecule has 2 aromatic rings. The van der Waals surface area contributed by atoms with E-state index in [0.717, 1.165) is 9.37 Å². The summed E-state index contributed by atoms with van der Waals surface area (Å²) in [7, 11) is 0. The first kappa shape index (κ1) is 15.1. The number of carbonyl (C=O) groups excluding carboxylic acids is 2. The Morgan fingerprint density at radius 3 is 2.13 bits per heavy atom. The van der Waals surface area contributed by atoms with Gasteiger partial charge in [0.15, 0.2) is 0 Å². The number of rotatable bonds is 3. The molecule has 1 aliphatic heterocycles. The van der Waals surface area contributed by atoms with Crippen molar-refractivity contribution in [1.82, 2.24) is 0 Å². The van der Waals surface area contributed by atoms with E-state index in [9.17, 15) is 19.7 Å². The van der Waals surface area contributed by atoms with Crippen molar-refractivity contribution in [1.29, 1.82) is 0 Å². The zero-order chi connectivity index (χ0) is 16.6. The molecule has 0 spiro atoms. The number of non-ortho nitro benzene ring substituents is 1. The first-order chi connectivity index (χ1) is 11.0. The molecule has 1 aliphatic rings. The van der Waals surface area contributed by atoms with E-state index in [0.29, 0.717) is 11.3 Å². The highest BCUT2D eigenvalue weighted by Gasteiger charge is 2.33. The van der Waals surface area contributed by atoms with Crippen LogP contribution in [-0.2, 0) is 9.59 Å². The summed E-state index contributed by atoms with van der Waals surface area (Å²) in [5.74, 6) is -0.892. The van der Waals surface area contributed by atoms with E-state index >= 15 is 0 Å². The molecule has 0 unspecified atom stereocenters. The standard InChI is InChI=1S/C16H9BrN2O4/c17-11-3-7-12(8-4-11)18-15(20)9-14(16(18)21)10-1-5-13(6-2-10)19(22)23/h1-9H. The number of amides is 2. The lowest BCUT2D eigenvalue weighted by molar-refractivity contribution is -0.384. The maximum atomic E-state index is 12.5. The molecule has 114 valence electrons. The van der Waals surface area contributed by atoms with Crippen molar-refractivity contribution < 1.29 is 14.5 Å². The molecule has 0 atom stereocenters. The van der Waals surface area contributed by atoms with Gasteiger partial charge in [0, 0.05) is 22.7 Å². The number of benzene rings is 2. The highest BCUT2D eigenvalue weighted by atomic mass is 79.9. The summed E-state index contributed by atoms with van der Waals surface area (Å²) < 4.78 is 0.837.